The second-order valence-electron chi connectivity index (χ2n) is 3.21. The summed E-state index contributed by atoms with van der Waals surface area (Å²) in [7, 11) is 0. The number of hydrogen-bond donors (Lipinski definition) is 2. The number of aryl methyl sites for hydroxylation is 1. The first-order valence-corrected chi connectivity index (χ1v) is 4.70. The van der Waals surface area contributed by atoms with Crippen LogP contribution in [0.4, 0.5) is 5.69 Å². The van der Waals surface area contributed by atoms with Crippen molar-refractivity contribution in [3.63, 3.8) is 0 Å². The van der Waals surface area contributed by atoms with E-state index < -0.39 is 0 Å². The Bertz CT molecular complexity index is 432. The zero-order chi connectivity index (χ0) is 9.97. The molecule has 0 atom stereocenters. The molecule has 1 aromatic carbocycles. The Kier molecular flexibility index (Phi) is 2.23. The second kappa shape index (κ2) is 3.54. The van der Waals surface area contributed by atoms with Crippen molar-refractivity contribution in [1.82, 2.24) is 10.2 Å². The Labute approximate surface area is 83.0 Å². The number of nitrogens with one attached hydrogen (secondary N) is 1. The monoisotopic (exact) mass is 187 g/mol. The van der Waals surface area contributed by atoms with E-state index >= 15 is 0 Å². The number of nitrogens with zero attached hydrogens (tertiary/aromatic N) is 1. The summed E-state index contributed by atoms with van der Waals surface area (Å²) in [5.41, 5.74) is 9.85. The van der Waals surface area contributed by atoms with E-state index in [9.17, 15) is 0 Å². The lowest BCUT2D eigenvalue weighted by Crippen LogP contribution is -1.91. The van der Waals surface area contributed by atoms with Crippen LogP contribution >= 0.6 is 0 Å². The maximum Gasteiger partial charge on any atom is 0.0882 e. The van der Waals surface area contributed by atoms with Gasteiger partial charge in [-0.05, 0) is 12.0 Å². The summed E-state index contributed by atoms with van der Waals surface area (Å²) in [5, 5.41) is 6.84. The van der Waals surface area contributed by atoms with Crippen molar-refractivity contribution in [3.8, 4) is 11.3 Å². The Morgan fingerprint density at radius 2 is 2.14 bits per heavy atom. The highest BCUT2D eigenvalue weighted by Gasteiger charge is 2.07. The summed E-state index contributed by atoms with van der Waals surface area (Å²) >= 11 is 0. The number of anilines is 1. The Hall–Kier alpha value is -1.77. The first-order valence-electron chi connectivity index (χ1n) is 4.70. The molecular weight excluding hydrogens is 174 g/mol. The molecule has 0 unspecified atom stereocenters. The van der Waals surface area contributed by atoms with E-state index in [1.807, 2.05) is 12.1 Å². The molecule has 0 saturated carbocycles. The summed E-state index contributed by atoms with van der Waals surface area (Å²) in [6, 6.07) is 8.21. The fraction of sp³-hybridized carbons (Fsp3) is 0.182. The van der Waals surface area contributed by atoms with Crippen molar-refractivity contribution in [2.75, 3.05) is 5.73 Å². The predicted octanol–water partition coefficient (Wildman–Crippen LogP) is 2.22. The number of benzene rings is 1. The lowest BCUT2D eigenvalue weighted by molar-refractivity contribution is 1.08. The van der Waals surface area contributed by atoms with Gasteiger partial charge in [0.05, 0.1) is 17.6 Å². The van der Waals surface area contributed by atoms with Gasteiger partial charge in [-0.1, -0.05) is 31.2 Å². The quantitative estimate of drug-likeness (QED) is 0.757. The van der Waals surface area contributed by atoms with E-state index in [0.29, 0.717) is 5.69 Å². The van der Waals surface area contributed by atoms with E-state index in [0.717, 1.165) is 17.7 Å². The average molecular weight is 187 g/mol. The summed E-state index contributed by atoms with van der Waals surface area (Å²) < 4.78 is 0. The average Bonchev–Trinajstić information content (AvgIpc) is 2.64. The molecule has 14 heavy (non-hydrogen) atoms. The van der Waals surface area contributed by atoms with Crippen LogP contribution in [0.1, 0.15) is 12.5 Å². The second-order valence-corrected chi connectivity index (χ2v) is 3.21. The van der Waals surface area contributed by atoms with Crippen molar-refractivity contribution in [1.29, 1.82) is 0 Å². The van der Waals surface area contributed by atoms with E-state index in [1.165, 1.54) is 5.56 Å². The van der Waals surface area contributed by atoms with Crippen molar-refractivity contribution in [2.24, 2.45) is 0 Å². The highest BCUT2D eigenvalue weighted by atomic mass is 15.1. The molecule has 2 rings (SSSR count). The van der Waals surface area contributed by atoms with Gasteiger partial charge in [0.25, 0.3) is 0 Å². The van der Waals surface area contributed by atoms with Crippen LogP contribution in [0.3, 0.4) is 0 Å². The van der Waals surface area contributed by atoms with Crippen molar-refractivity contribution in [2.45, 2.75) is 13.3 Å². The van der Waals surface area contributed by atoms with Gasteiger partial charge >= 0.3 is 0 Å². The van der Waals surface area contributed by atoms with Gasteiger partial charge < -0.3 is 5.73 Å². The third kappa shape index (κ3) is 1.37. The number of nitrogens with two attached hydrogens (primary N) is 1. The van der Waals surface area contributed by atoms with Crippen LogP contribution in [-0.2, 0) is 6.42 Å². The lowest BCUT2D eigenvalue weighted by atomic mass is 10.0. The third-order valence-corrected chi connectivity index (χ3v) is 2.34. The molecule has 0 aliphatic carbocycles. The highest BCUT2D eigenvalue weighted by molar-refractivity contribution is 5.74. The molecule has 1 aromatic heterocycles. The topological polar surface area (TPSA) is 54.7 Å². The van der Waals surface area contributed by atoms with Crippen LogP contribution in [0.5, 0.6) is 0 Å². The molecule has 2 aromatic rings. The molecule has 3 heteroatoms. The van der Waals surface area contributed by atoms with Gasteiger partial charge in [0.15, 0.2) is 0 Å². The minimum atomic E-state index is 0.700. The van der Waals surface area contributed by atoms with Crippen molar-refractivity contribution in [3.05, 3.63) is 36.0 Å². The van der Waals surface area contributed by atoms with Crippen LogP contribution in [0.15, 0.2) is 30.5 Å². The van der Waals surface area contributed by atoms with Crippen LogP contribution in [0.2, 0.25) is 0 Å². The van der Waals surface area contributed by atoms with Crippen molar-refractivity contribution >= 4 is 5.69 Å². The normalized spacial score (nSPS) is 10.4. The summed E-state index contributed by atoms with van der Waals surface area (Å²) in [6.07, 6.45) is 2.64. The number of nitrogen functional groups attached to an aromatic ring is 1. The molecule has 3 nitrogen and oxygen atoms in total. The van der Waals surface area contributed by atoms with Crippen LogP contribution in [0, 0.1) is 0 Å². The SMILES string of the molecule is CCc1ccccc1-c1[nH]ncc1N. The summed E-state index contributed by atoms with van der Waals surface area (Å²) in [4.78, 5) is 0. The fourth-order valence-electron chi connectivity index (χ4n) is 1.58. The van der Waals surface area contributed by atoms with Gasteiger partial charge in [0, 0.05) is 5.56 Å². The fourth-order valence-corrected chi connectivity index (χ4v) is 1.58. The van der Waals surface area contributed by atoms with Crippen molar-refractivity contribution < 1.29 is 0 Å². The number of aromatic nitrogens is 2. The first kappa shape index (κ1) is 8.81. The van der Waals surface area contributed by atoms with E-state index in [-0.39, 0.29) is 0 Å². The molecule has 72 valence electrons. The van der Waals surface area contributed by atoms with Crippen LogP contribution in [-0.4, -0.2) is 10.2 Å². The van der Waals surface area contributed by atoms with Gasteiger partial charge in [-0.3, -0.25) is 5.10 Å². The van der Waals surface area contributed by atoms with Crippen LogP contribution < -0.4 is 5.73 Å². The Morgan fingerprint density at radius 3 is 2.79 bits per heavy atom. The number of aromatic amines is 1. The van der Waals surface area contributed by atoms with Gasteiger partial charge in [0.2, 0.25) is 0 Å². The van der Waals surface area contributed by atoms with Gasteiger partial charge in [-0.15, -0.1) is 0 Å². The zero-order valence-corrected chi connectivity index (χ0v) is 8.12. The van der Waals surface area contributed by atoms with Gasteiger partial charge in [-0.25, -0.2) is 0 Å². The summed E-state index contributed by atoms with van der Waals surface area (Å²) in [5.74, 6) is 0. The molecule has 3 N–H and O–H groups in total. The molecule has 0 aliphatic rings. The smallest absolute Gasteiger partial charge is 0.0882 e. The molecule has 0 bridgehead atoms. The zero-order valence-electron chi connectivity index (χ0n) is 8.12. The molecular formula is C11H13N3. The predicted molar refractivity (Wildman–Crippen MR) is 57.8 cm³/mol. The summed E-state index contributed by atoms with van der Waals surface area (Å²) in [6.45, 7) is 2.13. The number of hydrogen-bond acceptors (Lipinski definition) is 2. The van der Waals surface area contributed by atoms with Gasteiger partial charge in [-0.2, -0.15) is 5.10 Å². The first-order chi connectivity index (χ1) is 6.83. The minimum Gasteiger partial charge on any atom is -0.396 e. The van der Waals surface area contributed by atoms with Gasteiger partial charge in [0.1, 0.15) is 0 Å². The maximum atomic E-state index is 5.80. The van der Waals surface area contributed by atoms with E-state index in [4.69, 9.17) is 5.73 Å². The molecule has 0 amide bonds. The van der Waals surface area contributed by atoms with E-state index in [2.05, 4.69) is 29.3 Å². The molecule has 0 aliphatic heterocycles. The number of H-pyrrole nitrogens is 1. The van der Waals surface area contributed by atoms with Crippen LogP contribution in [0.25, 0.3) is 11.3 Å². The number of rotatable bonds is 2. The maximum absolute atomic E-state index is 5.80. The Morgan fingerprint density at radius 1 is 1.36 bits per heavy atom. The highest BCUT2D eigenvalue weighted by Crippen LogP contribution is 2.26. The standard InChI is InChI=1S/C11H13N3/c1-2-8-5-3-4-6-9(8)11-10(12)7-13-14-11/h3-7H,2,12H2,1H3,(H,13,14). The molecule has 1 heterocycles. The largest absolute Gasteiger partial charge is 0.396 e. The minimum absolute atomic E-state index is 0.700. The molecule has 0 saturated heterocycles. The third-order valence-electron chi connectivity index (χ3n) is 2.34. The molecule has 0 radical (unpaired) electrons. The molecule has 0 fully saturated rings. The van der Waals surface area contributed by atoms with E-state index in [1.54, 1.807) is 6.20 Å². The molecule has 0 spiro atoms. The Balaban J connectivity index is 2.56. The lowest BCUT2D eigenvalue weighted by Gasteiger charge is -2.05.